The van der Waals surface area contributed by atoms with Crippen LogP contribution in [0, 0.1) is 5.92 Å². The van der Waals surface area contributed by atoms with Crippen molar-refractivity contribution in [2.75, 3.05) is 36.5 Å². The summed E-state index contributed by atoms with van der Waals surface area (Å²) in [6.45, 7) is 3.03. The van der Waals surface area contributed by atoms with Crippen molar-refractivity contribution in [1.82, 2.24) is 9.97 Å². The summed E-state index contributed by atoms with van der Waals surface area (Å²) in [5.74, 6) is 0.427. The molecule has 0 spiro atoms. The van der Waals surface area contributed by atoms with E-state index in [0.717, 1.165) is 26.1 Å². The molecule has 0 unspecified atom stereocenters. The van der Waals surface area contributed by atoms with Gasteiger partial charge >= 0.3 is 5.97 Å². The van der Waals surface area contributed by atoms with Gasteiger partial charge in [0.1, 0.15) is 5.82 Å². The van der Waals surface area contributed by atoms with Crippen molar-refractivity contribution in [3.8, 4) is 0 Å². The van der Waals surface area contributed by atoms with E-state index in [1.165, 1.54) is 24.6 Å². The molecule has 0 saturated carbocycles. The molecule has 0 atom stereocenters. The monoisotopic (exact) mass is 340 g/mol. The molecule has 1 aliphatic rings. The Hall–Kier alpha value is -2.63. The van der Waals surface area contributed by atoms with Crippen LogP contribution in [-0.2, 0) is 0 Å². The van der Waals surface area contributed by atoms with Gasteiger partial charge < -0.3 is 14.9 Å². The van der Waals surface area contributed by atoms with Crippen LogP contribution in [0.2, 0.25) is 0 Å². The number of pyridine rings is 2. The first-order valence-corrected chi connectivity index (χ1v) is 8.70. The molecule has 3 heterocycles. The minimum Gasteiger partial charge on any atom is -0.477 e. The van der Waals surface area contributed by atoms with E-state index >= 15 is 0 Å². The first-order valence-electron chi connectivity index (χ1n) is 8.70. The first kappa shape index (κ1) is 17.2. The van der Waals surface area contributed by atoms with E-state index < -0.39 is 5.97 Å². The number of carboxylic acid groups (broad SMARTS) is 1. The third kappa shape index (κ3) is 4.47. The lowest BCUT2D eigenvalue weighted by Crippen LogP contribution is -2.35. The highest BCUT2D eigenvalue weighted by atomic mass is 16.4. The van der Waals surface area contributed by atoms with Gasteiger partial charge in [0.05, 0.1) is 0 Å². The molecule has 0 radical (unpaired) electrons. The highest BCUT2D eigenvalue weighted by Gasteiger charge is 2.20. The van der Waals surface area contributed by atoms with Crippen molar-refractivity contribution < 1.29 is 9.90 Å². The van der Waals surface area contributed by atoms with Crippen molar-refractivity contribution in [3.63, 3.8) is 0 Å². The van der Waals surface area contributed by atoms with E-state index in [2.05, 4.69) is 27.0 Å². The van der Waals surface area contributed by atoms with Crippen molar-refractivity contribution in [2.24, 2.45) is 5.92 Å². The largest absolute Gasteiger partial charge is 0.477 e. The first-order chi connectivity index (χ1) is 12.1. The van der Waals surface area contributed by atoms with E-state index in [1.807, 2.05) is 30.4 Å². The van der Waals surface area contributed by atoms with Gasteiger partial charge in [-0.15, -0.1) is 0 Å². The number of hydrogen-bond donors (Lipinski definition) is 1. The summed E-state index contributed by atoms with van der Waals surface area (Å²) in [5, 5.41) is 9.05. The number of rotatable bonds is 6. The highest BCUT2D eigenvalue weighted by Crippen LogP contribution is 2.25. The lowest BCUT2D eigenvalue weighted by atomic mass is 9.93. The number of nitrogens with zero attached hydrogens (tertiary/aromatic N) is 4. The Labute approximate surface area is 148 Å². The van der Waals surface area contributed by atoms with Crippen LogP contribution in [0.25, 0.3) is 0 Å². The fraction of sp³-hybridized carbons (Fsp3) is 0.421. The zero-order valence-corrected chi connectivity index (χ0v) is 14.5. The van der Waals surface area contributed by atoms with Gasteiger partial charge in [0, 0.05) is 44.8 Å². The van der Waals surface area contributed by atoms with Crippen molar-refractivity contribution in [3.05, 3.63) is 48.4 Å². The summed E-state index contributed by atoms with van der Waals surface area (Å²) in [6.07, 6.45) is 7.14. The van der Waals surface area contributed by atoms with Crippen molar-refractivity contribution >= 4 is 17.5 Å². The number of aromatic nitrogens is 2. The Morgan fingerprint density at radius 3 is 2.64 bits per heavy atom. The predicted octanol–water partition coefficient (Wildman–Crippen LogP) is 2.92. The minimum atomic E-state index is -0.987. The number of carboxylic acids is 1. The van der Waals surface area contributed by atoms with Gasteiger partial charge in [-0.25, -0.2) is 9.78 Å². The standard InChI is InChI=1S/C19H24N4O2/c1-22(18-4-2-3-17(21-18)19(24)25)12-7-15-8-13-23(14-9-15)16-5-10-20-11-6-16/h2-6,10-11,15H,7-9,12-14H2,1H3,(H,24,25). The van der Waals surface area contributed by atoms with E-state index in [0.29, 0.717) is 11.7 Å². The normalized spacial score (nSPS) is 15.2. The summed E-state index contributed by atoms with van der Waals surface area (Å²) in [6, 6.07) is 9.26. The second-order valence-electron chi connectivity index (χ2n) is 6.53. The quantitative estimate of drug-likeness (QED) is 0.872. The summed E-state index contributed by atoms with van der Waals surface area (Å²) in [5.41, 5.74) is 1.34. The summed E-state index contributed by atoms with van der Waals surface area (Å²) < 4.78 is 0. The van der Waals surface area contributed by atoms with Gasteiger partial charge in [-0.3, -0.25) is 4.98 Å². The fourth-order valence-corrected chi connectivity index (χ4v) is 3.28. The fourth-order valence-electron chi connectivity index (χ4n) is 3.28. The molecule has 0 aromatic carbocycles. The zero-order chi connectivity index (χ0) is 17.6. The Bertz CT molecular complexity index is 700. The lowest BCUT2D eigenvalue weighted by molar-refractivity contribution is 0.0690. The van der Waals surface area contributed by atoms with Crippen molar-refractivity contribution in [1.29, 1.82) is 0 Å². The second-order valence-corrected chi connectivity index (χ2v) is 6.53. The Balaban J connectivity index is 1.48. The Morgan fingerprint density at radius 2 is 1.96 bits per heavy atom. The molecule has 2 aromatic rings. The average Bonchev–Trinajstić information content (AvgIpc) is 2.67. The molecule has 132 valence electrons. The van der Waals surface area contributed by atoms with Crippen LogP contribution in [0.1, 0.15) is 29.8 Å². The number of anilines is 2. The summed E-state index contributed by atoms with van der Waals surface area (Å²) in [4.78, 5) is 23.8. The molecule has 1 N–H and O–H groups in total. The topological polar surface area (TPSA) is 69.6 Å². The van der Waals surface area contributed by atoms with Crippen LogP contribution in [0.5, 0.6) is 0 Å². The molecule has 0 bridgehead atoms. The number of aromatic carboxylic acids is 1. The third-order valence-corrected chi connectivity index (χ3v) is 4.86. The minimum absolute atomic E-state index is 0.0926. The molecular formula is C19H24N4O2. The summed E-state index contributed by atoms with van der Waals surface area (Å²) in [7, 11) is 1.97. The Morgan fingerprint density at radius 1 is 1.24 bits per heavy atom. The van der Waals surface area contributed by atoms with E-state index in [-0.39, 0.29) is 5.69 Å². The van der Waals surface area contributed by atoms with Crippen molar-refractivity contribution in [2.45, 2.75) is 19.3 Å². The van der Waals surface area contributed by atoms with Crippen LogP contribution >= 0.6 is 0 Å². The maximum Gasteiger partial charge on any atom is 0.354 e. The maximum absolute atomic E-state index is 11.0. The molecule has 6 nitrogen and oxygen atoms in total. The molecule has 2 aromatic heterocycles. The third-order valence-electron chi connectivity index (χ3n) is 4.86. The number of hydrogen-bond acceptors (Lipinski definition) is 5. The van der Waals surface area contributed by atoms with Gasteiger partial charge in [-0.2, -0.15) is 0 Å². The molecule has 0 aliphatic carbocycles. The smallest absolute Gasteiger partial charge is 0.354 e. The lowest BCUT2D eigenvalue weighted by Gasteiger charge is -2.34. The zero-order valence-electron chi connectivity index (χ0n) is 14.5. The van der Waals surface area contributed by atoms with E-state index in [4.69, 9.17) is 5.11 Å². The van der Waals surface area contributed by atoms with Crippen LogP contribution < -0.4 is 9.80 Å². The highest BCUT2D eigenvalue weighted by molar-refractivity contribution is 5.85. The number of piperidine rings is 1. The maximum atomic E-state index is 11.0. The van der Waals surface area contributed by atoms with Gasteiger partial charge in [0.2, 0.25) is 0 Å². The molecular weight excluding hydrogens is 316 g/mol. The molecule has 1 fully saturated rings. The molecule has 0 amide bonds. The molecule has 6 heteroatoms. The second kappa shape index (κ2) is 7.96. The van der Waals surface area contributed by atoms with E-state index in [1.54, 1.807) is 6.07 Å². The van der Waals surface area contributed by atoms with Gasteiger partial charge in [0.25, 0.3) is 0 Å². The van der Waals surface area contributed by atoms with Gasteiger partial charge in [-0.1, -0.05) is 6.07 Å². The van der Waals surface area contributed by atoms with Gasteiger partial charge in [0.15, 0.2) is 5.69 Å². The van der Waals surface area contributed by atoms with E-state index in [9.17, 15) is 4.79 Å². The predicted molar refractivity (Wildman–Crippen MR) is 98.3 cm³/mol. The van der Waals surface area contributed by atoms with Crippen LogP contribution in [0.15, 0.2) is 42.7 Å². The molecule has 3 rings (SSSR count). The summed E-state index contributed by atoms with van der Waals surface area (Å²) >= 11 is 0. The van der Waals surface area contributed by atoms with Crippen LogP contribution in [0.3, 0.4) is 0 Å². The van der Waals surface area contributed by atoms with Gasteiger partial charge in [-0.05, 0) is 49.4 Å². The van der Waals surface area contributed by atoms with Crippen LogP contribution in [0.4, 0.5) is 11.5 Å². The van der Waals surface area contributed by atoms with Crippen LogP contribution in [-0.4, -0.2) is 47.7 Å². The Kier molecular flexibility index (Phi) is 5.48. The molecule has 25 heavy (non-hydrogen) atoms. The average molecular weight is 340 g/mol. The SMILES string of the molecule is CN(CCC1CCN(c2ccncc2)CC1)c1cccc(C(=O)O)n1. The molecule has 1 saturated heterocycles. The molecule has 1 aliphatic heterocycles. The number of carbonyl (C=O) groups is 1.